The number of alkyl halides is 1. The van der Waals surface area contributed by atoms with Crippen LogP contribution in [0, 0.1) is 0 Å². The highest BCUT2D eigenvalue weighted by molar-refractivity contribution is 6.18. The minimum Gasteiger partial charge on any atom is -0.508 e. The van der Waals surface area contributed by atoms with Crippen molar-refractivity contribution < 1.29 is 29.1 Å². The van der Waals surface area contributed by atoms with E-state index in [2.05, 4.69) is 21.3 Å². The first-order chi connectivity index (χ1) is 19.0. The zero-order chi connectivity index (χ0) is 29.7. The number of phenols is 1. The molecular weight excluding hydrogens is 540 g/mol. The Balaban J connectivity index is 1.91. The summed E-state index contributed by atoms with van der Waals surface area (Å²) in [6.07, 6.45) is 0.167. The van der Waals surface area contributed by atoms with Gasteiger partial charge in [-0.15, -0.1) is 11.6 Å². The maximum atomic E-state index is 12.9. The van der Waals surface area contributed by atoms with Crippen LogP contribution in [0.5, 0.6) is 5.75 Å². The standard InChI is InChI=1S/C27H35ClN6O6/c1-16(32-26(39)21(29)11-18-7-9-20(35)10-8-18)25(38)31-15-24(37)34-22(12-17-5-3-2-4-6-17)27(40)33-19(14-28)13-23(30)36/h2-10,16,19,21-22,35H,11-15,29H2,1H3,(H2,30,36)(H,31,38)(H,32,39)(H,33,40)(H,34,37)/t16-,19+,21+,22+/m1/s1. The van der Waals surface area contributed by atoms with E-state index in [0.29, 0.717) is 0 Å². The summed E-state index contributed by atoms with van der Waals surface area (Å²) in [6.45, 7) is 0.979. The fraction of sp³-hybridized carbons (Fsp3) is 0.370. The number of rotatable bonds is 15. The molecule has 0 aliphatic carbocycles. The molecule has 9 N–H and O–H groups in total. The molecule has 4 atom stereocenters. The summed E-state index contributed by atoms with van der Waals surface area (Å²) in [5.74, 6) is -3.02. The van der Waals surface area contributed by atoms with Crippen molar-refractivity contribution in [1.29, 1.82) is 0 Å². The van der Waals surface area contributed by atoms with Crippen LogP contribution in [-0.4, -0.2) is 71.2 Å². The molecule has 0 bridgehead atoms. The van der Waals surface area contributed by atoms with Crippen LogP contribution in [0.4, 0.5) is 0 Å². The molecule has 5 amide bonds. The van der Waals surface area contributed by atoms with Gasteiger partial charge in [-0.05, 0) is 36.6 Å². The van der Waals surface area contributed by atoms with Crippen LogP contribution in [0.1, 0.15) is 24.5 Å². The summed E-state index contributed by atoms with van der Waals surface area (Å²) in [4.78, 5) is 61.7. The summed E-state index contributed by atoms with van der Waals surface area (Å²) < 4.78 is 0. The van der Waals surface area contributed by atoms with E-state index in [1.165, 1.54) is 19.1 Å². The summed E-state index contributed by atoms with van der Waals surface area (Å²) >= 11 is 5.84. The lowest BCUT2D eigenvalue weighted by atomic mass is 10.0. The van der Waals surface area contributed by atoms with E-state index in [1.807, 2.05) is 6.07 Å². The number of phenolic OH excluding ortho intramolecular Hbond substituents is 1. The van der Waals surface area contributed by atoms with E-state index in [4.69, 9.17) is 23.1 Å². The zero-order valence-electron chi connectivity index (χ0n) is 22.1. The molecular formula is C27H35ClN6O6. The normalized spacial score (nSPS) is 13.7. The number of benzene rings is 2. The predicted octanol–water partition coefficient (Wildman–Crippen LogP) is -0.791. The number of nitrogens with one attached hydrogen (secondary N) is 4. The van der Waals surface area contributed by atoms with Gasteiger partial charge in [0.1, 0.15) is 17.8 Å². The van der Waals surface area contributed by atoms with Crippen molar-refractivity contribution in [1.82, 2.24) is 21.3 Å². The highest BCUT2D eigenvalue weighted by Gasteiger charge is 2.25. The van der Waals surface area contributed by atoms with Crippen molar-refractivity contribution in [2.75, 3.05) is 12.4 Å². The van der Waals surface area contributed by atoms with E-state index < -0.39 is 60.2 Å². The van der Waals surface area contributed by atoms with Gasteiger partial charge in [0.05, 0.1) is 18.6 Å². The van der Waals surface area contributed by atoms with E-state index in [0.717, 1.165) is 11.1 Å². The Labute approximate surface area is 237 Å². The Morgan fingerprint density at radius 1 is 0.850 bits per heavy atom. The average Bonchev–Trinajstić information content (AvgIpc) is 2.92. The Morgan fingerprint density at radius 3 is 2.08 bits per heavy atom. The molecule has 216 valence electrons. The molecule has 0 unspecified atom stereocenters. The molecule has 2 aromatic carbocycles. The molecule has 0 saturated heterocycles. The van der Waals surface area contributed by atoms with Gasteiger partial charge < -0.3 is 37.8 Å². The topological polar surface area (TPSA) is 206 Å². The summed E-state index contributed by atoms with van der Waals surface area (Å²) in [6, 6.07) is 11.5. The van der Waals surface area contributed by atoms with Crippen LogP contribution >= 0.6 is 11.6 Å². The number of primary amides is 1. The molecule has 2 aromatic rings. The Hall–Kier alpha value is -4.16. The van der Waals surface area contributed by atoms with E-state index >= 15 is 0 Å². The minimum absolute atomic E-state index is 0.0566. The summed E-state index contributed by atoms with van der Waals surface area (Å²) in [7, 11) is 0. The third kappa shape index (κ3) is 11.3. The maximum absolute atomic E-state index is 12.9. The molecule has 0 aliphatic rings. The van der Waals surface area contributed by atoms with Crippen LogP contribution in [0.15, 0.2) is 54.6 Å². The van der Waals surface area contributed by atoms with Gasteiger partial charge in [0, 0.05) is 18.7 Å². The fourth-order valence-corrected chi connectivity index (χ4v) is 3.86. The third-order valence-electron chi connectivity index (χ3n) is 5.82. The molecule has 0 saturated carbocycles. The molecule has 12 nitrogen and oxygen atoms in total. The number of halogens is 1. The molecule has 40 heavy (non-hydrogen) atoms. The second kappa shape index (κ2) is 16.1. The van der Waals surface area contributed by atoms with Gasteiger partial charge in [-0.1, -0.05) is 42.5 Å². The molecule has 0 radical (unpaired) electrons. The van der Waals surface area contributed by atoms with Gasteiger partial charge in [-0.2, -0.15) is 0 Å². The van der Waals surface area contributed by atoms with Gasteiger partial charge >= 0.3 is 0 Å². The second-order valence-corrected chi connectivity index (χ2v) is 9.57. The first-order valence-corrected chi connectivity index (χ1v) is 13.1. The molecule has 0 aromatic heterocycles. The van der Waals surface area contributed by atoms with Gasteiger partial charge in [-0.25, -0.2) is 0 Å². The first kappa shape index (κ1) is 32.1. The summed E-state index contributed by atoms with van der Waals surface area (Å²) in [5.41, 5.74) is 12.6. The average molecular weight is 575 g/mol. The second-order valence-electron chi connectivity index (χ2n) is 9.27. The van der Waals surface area contributed by atoms with Gasteiger partial charge in [-0.3, -0.25) is 24.0 Å². The van der Waals surface area contributed by atoms with Crippen molar-refractivity contribution in [2.24, 2.45) is 11.5 Å². The molecule has 13 heteroatoms. The van der Waals surface area contributed by atoms with Crippen molar-refractivity contribution in [3.05, 3.63) is 65.7 Å². The van der Waals surface area contributed by atoms with Crippen LogP contribution in [-0.2, 0) is 36.8 Å². The number of aromatic hydroxyl groups is 1. The predicted molar refractivity (Wildman–Crippen MR) is 149 cm³/mol. The largest absolute Gasteiger partial charge is 0.508 e. The van der Waals surface area contributed by atoms with Gasteiger partial charge in [0.2, 0.25) is 29.5 Å². The van der Waals surface area contributed by atoms with Crippen LogP contribution in [0.3, 0.4) is 0 Å². The number of carbonyl (C=O) groups excluding carboxylic acids is 5. The van der Waals surface area contributed by atoms with Crippen molar-refractivity contribution in [3.8, 4) is 5.75 Å². The quantitative estimate of drug-likeness (QED) is 0.135. The van der Waals surface area contributed by atoms with Gasteiger partial charge in [0.25, 0.3) is 0 Å². The van der Waals surface area contributed by atoms with Crippen LogP contribution in [0.25, 0.3) is 0 Å². The third-order valence-corrected chi connectivity index (χ3v) is 6.19. The highest BCUT2D eigenvalue weighted by atomic mass is 35.5. The van der Waals surface area contributed by atoms with Crippen molar-refractivity contribution in [2.45, 2.75) is 50.4 Å². The monoisotopic (exact) mass is 574 g/mol. The van der Waals surface area contributed by atoms with Crippen molar-refractivity contribution >= 4 is 41.1 Å². The Bertz CT molecular complexity index is 1160. The SMILES string of the molecule is C[C@@H](NC(=O)[C@@H](N)Cc1ccc(O)cc1)C(=O)NCC(=O)N[C@@H](Cc1ccccc1)C(=O)N[C@H](CCl)CC(N)=O. The molecule has 0 fully saturated rings. The smallest absolute Gasteiger partial charge is 0.243 e. The lowest BCUT2D eigenvalue weighted by Gasteiger charge is -2.22. The number of amides is 5. The van der Waals surface area contributed by atoms with Crippen molar-refractivity contribution in [3.63, 3.8) is 0 Å². The summed E-state index contributed by atoms with van der Waals surface area (Å²) in [5, 5.41) is 19.5. The number of hydrogen-bond acceptors (Lipinski definition) is 7. The van der Waals surface area contributed by atoms with E-state index in [-0.39, 0.29) is 30.9 Å². The zero-order valence-corrected chi connectivity index (χ0v) is 22.8. The number of carbonyl (C=O) groups is 5. The molecule has 0 heterocycles. The fourth-order valence-electron chi connectivity index (χ4n) is 3.68. The maximum Gasteiger partial charge on any atom is 0.243 e. The van der Waals surface area contributed by atoms with Crippen LogP contribution in [0.2, 0.25) is 0 Å². The first-order valence-electron chi connectivity index (χ1n) is 12.6. The Morgan fingerprint density at radius 2 is 1.48 bits per heavy atom. The lowest BCUT2D eigenvalue weighted by molar-refractivity contribution is -0.131. The molecule has 0 spiro atoms. The van der Waals surface area contributed by atoms with E-state index in [1.54, 1.807) is 36.4 Å². The van der Waals surface area contributed by atoms with E-state index in [9.17, 15) is 29.1 Å². The lowest BCUT2D eigenvalue weighted by Crippen LogP contribution is -2.55. The molecule has 0 aliphatic heterocycles. The van der Waals surface area contributed by atoms with Gasteiger partial charge in [0.15, 0.2) is 0 Å². The molecule has 2 rings (SSSR count). The number of nitrogens with two attached hydrogens (primary N) is 2. The highest BCUT2D eigenvalue weighted by Crippen LogP contribution is 2.11. The number of hydrogen-bond donors (Lipinski definition) is 7. The Kier molecular flexibility index (Phi) is 12.9. The van der Waals surface area contributed by atoms with Crippen LogP contribution < -0.4 is 32.7 Å². The minimum atomic E-state index is -1.03.